The van der Waals surface area contributed by atoms with Crippen molar-refractivity contribution in [3.8, 4) is 11.5 Å². The molecule has 0 saturated carbocycles. The molecule has 0 radical (unpaired) electrons. The first-order chi connectivity index (χ1) is 11.5. The fraction of sp³-hybridized carbons (Fsp3) is 0.412. The summed E-state index contributed by atoms with van der Waals surface area (Å²) in [6.07, 6.45) is 0.880. The van der Waals surface area contributed by atoms with Crippen LogP contribution in [0.1, 0.15) is 23.4 Å². The molecule has 0 atom stereocenters. The number of hydrogen-bond donors (Lipinski definition) is 2. The van der Waals surface area contributed by atoms with Crippen LogP contribution < -0.4 is 20.5 Å². The van der Waals surface area contributed by atoms with Crippen LogP contribution in [-0.4, -0.2) is 29.0 Å². The monoisotopic (exact) mass is 457 g/mol. The number of nitrogens with two attached hydrogens (primary N) is 1. The van der Waals surface area contributed by atoms with E-state index in [9.17, 15) is 0 Å². The second kappa shape index (κ2) is 8.41. The van der Waals surface area contributed by atoms with Gasteiger partial charge in [0.2, 0.25) is 0 Å². The van der Waals surface area contributed by atoms with Gasteiger partial charge in [-0.05, 0) is 26.0 Å². The number of hydrogen-bond acceptors (Lipinski definition) is 4. The van der Waals surface area contributed by atoms with Gasteiger partial charge in [0.1, 0.15) is 0 Å². The number of aromatic nitrogens is 2. The minimum absolute atomic E-state index is 0. The van der Waals surface area contributed by atoms with Crippen molar-refractivity contribution in [3.05, 3.63) is 35.2 Å². The normalized spacial score (nSPS) is 13.8. The maximum absolute atomic E-state index is 6.01. The molecule has 25 heavy (non-hydrogen) atoms. The summed E-state index contributed by atoms with van der Waals surface area (Å²) in [6, 6.07) is 5.66. The molecule has 0 spiro atoms. The highest BCUT2D eigenvalue weighted by Crippen LogP contribution is 2.32. The molecule has 1 aliphatic heterocycles. The fourth-order valence-corrected chi connectivity index (χ4v) is 2.64. The number of nitrogens with zero attached hydrogens (tertiary/aromatic N) is 3. The van der Waals surface area contributed by atoms with E-state index in [0.717, 1.165) is 40.6 Å². The number of fused-ring (bicyclic) bond motifs is 1. The largest absolute Gasteiger partial charge is 0.490 e. The fourth-order valence-electron chi connectivity index (χ4n) is 2.64. The topological polar surface area (TPSA) is 86.7 Å². The Morgan fingerprint density at radius 1 is 1.28 bits per heavy atom. The third-order valence-corrected chi connectivity index (χ3v) is 4.09. The maximum Gasteiger partial charge on any atom is 0.193 e. The van der Waals surface area contributed by atoms with Gasteiger partial charge in [0.25, 0.3) is 0 Å². The smallest absolute Gasteiger partial charge is 0.193 e. The number of halogens is 1. The zero-order valence-electron chi connectivity index (χ0n) is 14.7. The lowest BCUT2D eigenvalue weighted by Crippen LogP contribution is -2.22. The number of guanidine groups is 1. The van der Waals surface area contributed by atoms with E-state index >= 15 is 0 Å². The Morgan fingerprint density at radius 2 is 2.00 bits per heavy atom. The molecule has 7 nitrogen and oxygen atoms in total. The first kappa shape index (κ1) is 19.4. The van der Waals surface area contributed by atoms with Gasteiger partial charge < -0.3 is 20.5 Å². The van der Waals surface area contributed by atoms with Crippen LogP contribution in [0, 0.1) is 13.8 Å². The Hall–Kier alpha value is -1.97. The van der Waals surface area contributed by atoms with Crippen LogP contribution >= 0.6 is 24.0 Å². The van der Waals surface area contributed by atoms with Crippen molar-refractivity contribution in [1.29, 1.82) is 0 Å². The van der Waals surface area contributed by atoms with Crippen LogP contribution in [0.4, 0.5) is 5.69 Å². The molecule has 0 fully saturated rings. The molecule has 3 N–H and O–H groups in total. The summed E-state index contributed by atoms with van der Waals surface area (Å²) in [5.41, 5.74) is 10.00. The van der Waals surface area contributed by atoms with Crippen LogP contribution in [0.15, 0.2) is 23.2 Å². The van der Waals surface area contributed by atoms with Crippen molar-refractivity contribution in [2.75, 3.05) is 18.5 Å². The third-order valence-electron chi connectivity index (χ3n) is 4.09. The number of aliphatic imine (C=N–C) groups is 1. The Morgan fingerprint density at radius 3 is 2.68 bits per heavy atom. The van der Waals surface area contributed by atoms with E-state index in [2.05, 4.69) is 15.4 Å². The van der Waals surface area contributed by atoms with E-state index in [1.165, 1.54) is 0 Å². The third kappa shape index (κ3) is 4.56. The van der Waals surface area contributed by atoms with E-state index in [1.807, 2.05) is 43.8 Å². The minimum atomic E-state index is 0. The lowest BCUT2D eigenvalue weighted by Gasteiger charge is -2.10. The average molecular weight is 457 g/mol. The molecule has 0 saturated heterocycles. The summed E-state index contributed by atoms with van der Waals surface area (Å²) in [6.45, 7) is 5.82. The first-order valence-electron chi connectivity index (χ1n) is 8.00. The van der Waals surface area contributed by atoms with Crippen molar-refractivity contribution in [2.24, 2.45) is 17.8 Å². The highest BCUT2D eigenvalue weighted by Gasteiger charge is 2.11. The molecule has 0 bridgehead atoms. The first-order valence-corrected chi connectivity index (χ1v) is 8.00. The quantitative estimate of drug-likeness (QED) is 0.421. The molecule has 1 aromatic carbocycles. The molecule has 8 heteroatoms. The predicted molar refractivity (Wildman–Crippen MR) is 109 cm³/mol. The van der Waals surface area contributed by atoms with Gasteiger partial charge in [0.05, 0.1) is 25.5 Å². The summed E-state index contributed by atoms with van der Waals surface area (Å²) in [4.78, 5) is 4.41. The van der Waals surface area contributed by atoms with Gasteiger partial charge in [-0.3, -0.25) is 4.68 Å². The SMILES string of the molecule is Cc1nn(C)c(C)c1CN=C(N)Nc1ccc2c(c1)OCCCO2.I. The molecular formula is C17H24IN5O2. The number of benzene rings is 1. The van der Waals surface area contributed by atoms with Gasteiger partial charge in [-0.25, -0.2) is 4.99 Å². The van der Waals surface area contributed by atoms with Gasteiger partial charge in [0.15, 0.2) is 17.5 Å². The van der Waals surface area contributed by atoms with Gasteiger partial charge >= 0.3 is 0 Å². The summed E-state index contributed by atoms with van der Waals surface area (Å²) in [7, 11) is 1.93. The summed E-state index contributed by atoms with van der Waals surface area (Å²) in [5.74, 6) is 1.84. The van der Waals surface area contributed by atoms with Gasteiger partial charge in [-0.2, -0.15) is 5.10 Å². The van der Waals surface area contributed by atoms with Crippen molar-refractivity contribution in [2.45, 2.75) is 26.8 Å². The van der Waals surface area contributed by atoms with Crippen LogP contribution in [0.3, 0.4) is 0 Å². The van der Waals surface area contributed by atoms with Crippen molar-refractivity contribution in [3.63, 3.8) is 0 Å². The number of aryl methyl sites for hydroxylation is 2. The van der Waals surface area contributed by atoms with E-state index < -0.39 is 0 Å². The Kier molecular flexibility index (Phi) is 6.51. The number of rotatable bonds is 3. The van der Waals surface area contributed by atoms with E-state index in [1.54, 1.807) is 0 Å². The lowest BCUT2D eigenvalue weighted by atomic mass is 10.2. The number of nitrogens with one attached hydrogen (secondary N) is 1. The average Bonchev–Trinajstić information content (AvgIpc) is 2.72. The van der Waals surface area contributed by atoms with Gasteiger partial charge in [0, 0.05) is 36.5 Å². The van der Waals surface area contributed by atoms with Crippen molar-refractivity contribution in [1.82, 2.24) is 9.78 Å². The molecule has 3 rings (SSSR count). The van der Waals surface area contributed by atoms with Crippen LogP contribution in [-0.2, 0) is 13.6 Å². The maximum atomic E-state index is 6.01. The number of anilines is 1. The van der Waals surface area contributed by atoms with E-state index in [0.29, 0.717) is 25.7 Å². The molecule has 0 aliphatic carbocycles. The molecular weight excluding hydrogens is 433 g/mol. The highest BCUT2D eigenvalue weighted by atomic mass is 127. The Balaban J connectivity index is 0.00000225. The standard InChI is InChI=1S/C17H23N5O2.HI/c1-11-14(12(2)22(3)21-11)10-19-17(18)20-13-5-6-15-16(9-13)24-8-4-7-23-15;/h5-6,9H,4,7-8,10H2,1-3H3,(H3,18,19,20);1H. The summed E-state index contributed by atoms with van der Waals surface area (Å²) < 4.78 is 13.2. The molecule has 136 valence electrons. The highest BCUT2D eigenvalue weighted by molar-refractivity contribution is 14.0. The van der Waals surface area contributed by atoms with Crippen LogP contribution in [0.2, 0.25) is 0 Å². The van der Waals surface area contributed by atoms with Crippen molar-refractivity contribution < 1.29 is 9.47 Å². The van der Waals surface area contributed by atoms with Crippen LogP contribution in [0.5, 0.6) is 11.5 Å². The predicted octanol–water partition coefficient (Wildman–Crippen LogP) is 2.74. The molecule has 0 amide bonds. The van der Waals surface area contributed by atoms with E-state index in [4.69, 9.17) is 15.2 Å². The van der Waals surface area contributed by atoms with Gasteiger partial charge in [-0.15, -0.1) is 24.0 Å². The Labute approximate surface area is 164 Å². The second-order valence-electron chi connectivity index (χ2n) is 5.81. The molecule has 2 aromatic rings. The van der Waals surface area contributed by atoms with E-state index in [-0.39, 0.29) is 24.0 Å². The minimum Gasteiger partial charge on any atom is -0.490 e. The zero-order valence-corrected chi connectivity index (χ0v) is 17.0. The van der Waals surface area contributed by atoms with Crippen molar-refractivity contribution >= 4 is 35.6 Å². The second-order valence-corrected chi connectivity index (χ2v) is 5.81. The zero-order chi connectivity index (χ0) is 17.1. The Bertz CT molecular complexity index is 773. The van der Waals surface area contributed by atoms with Gasteiger partial charge in [-0.1, -0.05) is 0 Å². The molecule has 2 heterocycles. The summed E-state index contributed by atoms with van der Waals surface area (Å²) in [5, 5.41) is 7.48. The molecule has 1 aliphatic rings. The summed E-state index contributed by atoms with van der Waals surface area (Å²) >= 11 is 0. The molecule has 1 aromatic heterocycles. The number of ether oxygens (including phenoxy) is 2. The lowest BCUT2D eigenvalue weighted by molar-refractivity contribution is 0.297. The molecule has 0 unspecified atom stereocenters. The van der Waals surface area contributed by atoms with Crippen LogP contribution in [0.25, 0.3) is 0 Å².